The minimum absolute atomic E-state index is 0.221. The van der Waals surface area contributed by atoms with Gasteiger partial charge in [-0.3, -0.25) is 5.41 Å². The molecule has 12 nitrogen and oxygen atoms in total. The molecule has 0 amide bonds. The fourth-order valence-corrected chi connectivity index (χ4v) is 5.31. The molecule has 266 valence electrons. The number of amidine groups is 1. The Hall–Kier alpha value is -5.70. The zero-order valence-electron chi connectivity index (χ0n) is 29.1. The standard InChI is InChI=1S/C39H47N9O3/c40-36(33-19-7-1-8-20-33)43-27-15-6-18-30-48-38(50)46(28-16-4-13-25-41-31-44-34-21-9-2-10-22-34)37(49)47(39(48)51)29-17-5-14-26-42-32-45-35-23-11-3-12-24-35/h1-3,7-12,19-24H,4-6,13-18,25-30H2,(H2,40,43). The lowest BCUT2D eigenvalue weighted by Crippen LogP contribution is -2.54. The van der Waals surface area contributed by atoms with Crippen molar-refractivity contribution in [2.45, 2.75) is 77.4 Å². The van der Waals surface area contributed by atoms with Gasteiger partial charge in [-0.2, -0.15) is 9.98 Å². The van der Waals surface area contributed by atoms with Crippen molar-refractivity contribution in [3.8, 4) is 0 Å². The minimum atomic E-state index is -0.565. The van der Waals surface area contributed by atoms with Crippen LogP contribution >= 0.6 is 0 Å². The highest BCUT2D eigenvalue weighted by Gasteiger charge is 2.15. The molecule has 0 saturated carbocycles. The van der Waals surface area contributed by atoms with E-state index in [2.05, 4.69) is 37.3 Å². The monoisotopic (exact) mass is 689 g/mol. The molecule has 0 saturated heterocycles. The molecule has 0 bridgehead atoms. The van der Waals surface area contributed by atoms with Gasteiger partial charge in [-0.05, 0) is 82.1 Å². The number of nitrogens with one attached hydrogen (secondary N) is 2. The van der Waals surface area contributed by atoms with Crippen LogP contribution in [0.4, 0.5) is 11.4 Å². The summed E-state index contributed by atoms with van der Waals surface area (Å²) in [6, 6.07) is 33.9. The van der Waals surface area contributed by atoms with E-state index in [0.29, 0.717) is 44.7 Å². The van der Waals surface area contributed by atoms with Crippen LogP contribution in [0.5, 0.6) is 0 Å². The van der Waals surface area contributed by atoms with Crippen LogP contribution in [0.1, 0.15) is 63.4 Å². The Morgan fingerprint density at radius 3 is 1.35 bits per heavy atom. The molecule has 0 radical (unpaired) electrons. The second kappa shape index (κ2) is 22.1. The molecule has 0 aliphatic heterocycles. The average molecular weight is 690 g/mol. The molecule has 0 fully saturated rings. The average Bonchev–Trinajstić information content (AvgIpc) is 3.16. The number of para-hydroxylation sites is 2. The van der Waals surface area contributed by atoms with Crippen molar-refractivity contribution in [1.82, 2.24) is 19.0 Å². The largest absolute Gasteiger partial charge is 0.370 e. The van der Waals surface area contributed by atoms with Crippen LogP contribution in [0.2, 0.25) is 0 Å². The highest BCUT2D eigenvalue weighted by atomic mass is 16.2. The summed E-state index contributed by atoms with van der Waals surface area (Å²) in [5, 5.41) is 11.3. The van der Waals surface area contributed by atoms with Gasteiger partial charge in [0.1, 0.15) is 5.84 Å². The number of unbranched alkanes of at least 4 members (excludes halogenated alkanes) is 6. The van der Waals surface area contributed by atoms with Gasteiger partial charge < -0.3 is 5.32 Å². The van der Waals surface area contributed by atoms with E-state index in [1.807, 2.05) is 91.0 Å². The van der Waals surface area contributed by atoms with Crippen LogP contribution in [-0.2, 0) is 19.6 Å². The number of benzene rings is 3. The second-order valence-electron chi connectivity index (χ2n) is 12.0. The van der Waals surface area contributed by atoms with Gasteiger partial charge in [0.05, 0.1) is 23.4 Å². The predicted octanol–water partition coefficient (Wildman–Crippen LogP) is 6.31. The topological polar surface area (TPSA) is 151 Å². The summed E-state index contributed by atoms with van der Waals surface area (Å²) in [6.45, 7) is 2.35. The van der Waals surface area contributed by atoms with Crippen molar-refractivity contribution in [1.29, 1.82) is 5.41 Å². The fraction of sp³-hybridized carbons (Fsp3) is 0.385. The molecule has 0 unspecified atom stereocenters. The fourth-order valence-electron chi connectivity index (χ4n) is 5.31. The van der Waals surface area contributed by atoms with Crippen molar-refractivity contribution in [2.24, 2.45) is 20.0 Å². The maximum absolute atomic E-state index is 13.5. The Kier molecular flexibility index (Phi) is 16.5. The van der Waals surface area contributed by atoms with Crippen LogP contribution in [0.15, 0.2) is 125 Å². The Morgan fingerprint density at radius 2 is 0.922 bits per heavy atom. The Morgan fingerprint density at radius 1 is 0.529 bits per heavy atom. The van der Waals surface area contributed by atoms with Crippen molar-refractivity contribution in [3.05, 3.63) is 128 Å². The molecule has 51 heavy (non-hydrogen) atoms. The molecule has 0 atom stereocenters. The SMILES string of the molecule is N=C(NCCCCCn1c(=O)n(CCCCCN=C=Nc2ccccc2)c(=O)n(CCCCCN=C=Nc2ccccc2)c1=O)c1ccccc1. The first kappa shape index (κ1) is 38.1. The number of hydrogen-bond acceptors (Lipinski definition) is 8. The van der Waals surface area contributed by atoms with Gasteiger partial charge in [0.25, 0.3) is 0 Å². The Bertz CT molecular complexity index is 1850. The number of aliphatic imine (C=N–C) groups is 4. The number of aromatic nitrogens is 3. The third-order valence-corrected chi connectivity index (χ3v) is 8.12. The number of nitrogens with zero attached hydrogens (tertiary/aromatic N) is 7. The lowest BCUT2D eigenvalue weighted by molar-refractivity contribution is 0.415. The molecule has 0 aliphatic rings. The highest BCUT2D eigenvalue weighted by Crippen LogP contribution is 2.09. The summed E-state index contributed by atoms with van der Waals surface area (Å²) in [5.41, 5.74) is 0.700. The van der Waals surface area contributed by atoms with E-state index >= 15 is 0 Å². The lowest BCUT2D eigenvalue weighted by Gasteiger charge is -2.14. The van der Waals surface area contributed by atoms with Gasteiger partial charge in [0.2, 0.25) is 0 Å². The highest BCUT2D eigenvalue weighted by molar-refractivity contribution is 5.96. The first-order valence-corrected chi connectivity index (χ1v) is 17.7. The van der Waals surface area contributed by atoms with E-state index in [4.69, 9.17) is 5.41 Å². The van der Waals surface area contributed by atoms with Gasteiger partial charge in [-0.15, -0.1) is 0 Å². The Balaban J connectivity index is 1.31. The van der Waals surface area contributed by atoms with Crippen LogP contribution in [0, 0.1) is 5.41 Å². The first-order chi connectivity index (χ1) is 25.0. The van der Waals surface area contributed by atoms with E-state index in [0.717, 1.165) is 55.5 Å². The lowest BCUT2D eigenvalue weighted by atomic mass is 10.2. The molecule has 1 heterocycles. The molecular formula is C39H47N9O3. The molecule has 4 aromatic rings. The van der Waals surface area contributed by atoms with Gasteiger partial charge in [0.15, 0.2) is 0 Å². The smallest absolute Gasteiger partial charge is 0.336 e. The zero-order valence-corrected chi connectivity index (χ0v) is 29.1. The van der Waals surface area contributed by atoms with E-state index in [-0.39, 0.29) is 19.6 Å². The van der Waals surface area contributed by atoms with Gasteiger partial charge in [-0.1, -0.05) is 66.7 Å². The first-order valence-electron chi connectivity index (χ1n) is 17.7. The second-order valence-corrected chi connectivity index (χ2v) is 12.0. The van der Waals surface area contributed by atoms with Crippen molar-refractivity contribution in [3.63, 3.8) is 0 Å². The minimum Gasteiger partial charge on any atom is -0.370 e. The summed E-state index contributed by atoms with van der Waals surface area (Å²) in [7, 11) is 0. The van der Waals surface area contributed by atoms with Crippen LogP contribution in [0.25, 0.3) is 0 Å². The van der Waals surface area contributed by atoms with Crippen molar-refractivity contribution >= 4 is 29.2 Å². The van der Waals surface area contributed by atoms with Crippen molar-refractivity contribution < 1.29 is 0 Å². The van der Waals surface area contributed by atoms with E-state index < -0.39 is 17.1 Å². The summed E-state index contributed by atoms with van der Waals surface area (Å²) >= 11 is 0. The zero-order chi connectivity index (χ0) is 35.9. The van der Waals surface area contributed by atoms with Crippen molar-refractivity contribution in [2.75, 3.05) is 19.6 Å². The quantitative estimate of drug-likeness (QED) is 0.0599. The summed E-state index contributed by atoms with van der Waals surface area (Å²) in [4.78, 5) is 57.1. The summed E-state index contributed by atoms with van der Waals surface area (Å²) in [6.07, 6.45) is 6.33. The van der Waals surface area contributed by atoms with E-state index in [9.17, 15) is 14.4 Å². The third kappa shape index (κ3) is 13.3. The van der Waals surface area contributed by atoms with E-state index in [1.165, 1.54) is 13.7 Å². The van der Waals surface area contributed by atoms with Gasteiger partial charge in [-0.25, -0.2) is 38.1 Å². The van der Waals surface area contributed by atoms with Gasteiger partial charge in [0, 0.05) is 44.8 Å². The molecule has 2 N–H and O–H groups in total. The molecule has 3 aromatic carbocycles. The predicted molar refractivity (Wildman–Crippen MR) is 204 cm³/mol. The van der Waals surface area contributed by atoms with E-state index in [1.54, 1.807) is 0 Å². The molecule has 0 aliphatic carbocycles. The van der Waals surface area contributed by atoms with Crippen LogP contribution in [0.3, 0.4) is 0 Å². The Labute approximate surface area is 298 Å². The molecule has 1 aromatic heterocycles. The molecule has 0 spiro atoms. The number of hydrogen-bond donors (Lipinski definition) is 2. The van der Waals surface area contributed by atoms with Crippen LogP contribution < -0.4 is 22.4 Å². The van der Waals surface area contributed by atoms with Gasteiger partial charge >= 0.3 is 17.1 Å². The summed E-state index contributed by atoms with van der Waals surface area (Å²) in [5.74, 6) is 0.362. The summed E-state index contributed by atoms with van der Waals surface area (Å²) < 4.78 is 3.61. The molecule has 4 rings (SSSR count). The number of rotatable bonds is 21. The maximum Gasteiger partial charge on any atom is 0.336 e. The maximum atomic E-state index is 13.5. The van der Waals surface area contributed by atoms with Crippen LogP contribution in [-0.4, -0.2) is 51.2 Å². The molecule has 12 heteroatoms. The molecular weight excluding hydrogens is 642 g/mol. The third-order valence-electron chi connectivity index (χ3n) is 8.12. The normalized spacial score (nSPS) is 10.5.